The molecule has 0 bridgehead atoms. The molecule has 2 aromatic rings. The molecule has 0 amide bonds. The Morgan fingerprint density at radius 2 is 1.94 bits per heavy atom. The van der Waals surface area contributed by atoms with Gasteiger partial charge in [-0.05, 0) is 30.2 Å². The predicted octanol–water partition coefficient (Wildman–Crippen LogP) is 2.95. The standard InChI is InChI=1S/C15H17NO2/c1-2-10-18-14-7-5-12(6-8-14)15(17)13-4-3-9-16-11-13/h3-9,11,15,17H,2,10H2,1H3. The Hall–Kier alpha value is -1.87. The Labute approximate surface area is 107 Å². The van der Waals surface area contributed by atoms with E-state index >= 15 is 0 Å². The quantitative estimate of drug-likeness (QED) is 0.878. The Morgan fingerprint density at radius 1 is 1.17 bits per heavy atom. The average molecular weight is 243 g/mol. The Balaban J connectivity index is 2.09. The van der Waals surface area contributed by atoms with E-state index < -0.39 is 6.10 Å². The zero-order chi connectivity index (χ0) is 12.8. The van der Waals surface area contributed by atoms with E-state index in [1.807, 2.05) is 36.4 Å². The normalized spacial score (nSPS) is 12.1. The third kappa shape index (κ3) is 3.08. The first kappa shape index (κ1) is 12.6. The lowest BCUT2D eigenvalue weighted by atomic mass is 10.0. The van der Waals surface area contributed by atoms with Crippen molar-refractivity contribution in [3.8, 4) is 5.75 Å². The number of rotatable bonds is 5. The number of pyridine rings is 1. The molecule has 0 aliphatic carbocycles. The first-order valence-corrected chi connectivity index (χ1v) is 6.12. The monoisotopic (exact) mass is 243 g/mol. The van der Waals surface area contributed by atoms with Crippen LogP contribution in [-0.2, 0) is 0 Å². The largest absolute Gasteiger partial charge is 0.494 e. The van der Waals surface area contributed by atoms with E-state index in [-0.39, 0.29) is 0 Å². The van der Waals surface area contributed by atoms with Crippen LogP contribution in [0.5, 0.6) is 5.75 Å². The maximum absolute atomic E-state index is 10.2. The van der Waals surface area contributed by atoms with Crippen molar-refractivity contribution in [3.05, 3.63) is 59.9 Å². The van der Waals surface area contributed by atoms with Gasteiger partial charge in [0.15, 0.2) is 0 Å². The summed E-state index contributed by atoms with van der Waals surface area (Å²) in [5.74, 6) is 0.832. The van der Waals surface area contributed by atoms with Crippen LogP contribution in [0.2, 0.25) is 0 Å². The van der Waals surface area contributed by atoms with Crippen molar-refractivity contribution in [2.75, 3.05) is 6.61 Å². The summed E-state index contributed by atoms with van der Waals surface area (Å²) in [5.41, 5.74) is 1.63. The number of aliphatic hydroxyl groups is 1. The molecule has 1 aromatic heterocycles. The van der Waals surface area contributed by atoms with Crippen molar-refractivity contribution >= 4 is 0 Å². The van der Waals surface area contributed by atoms with Crippen molar-refractivity contribution in [1.82, 2.24) is 4.98 Å². The fourth-order valence-corrected chi connectivity index (χ4v) is 1.70. The van der Waals surface area contributed by atoms with Crippen LogP contribution in [0.3, 0.4) is 0 Å². The van der Waals surface area contributed by atoms with Crippen molar-refractivity contribution < 1.29 is 9.84 Å². The molecular weight excluding hydrogens is 226 g/mol. The second-order valence-electron chi connectivity index (χ2n) is 4.11. The van der Waals surface area contributed by atoms with Gasteiger partial charge in [-0.25, -0.2) is 0 Å². The van der Waals surface area contributed by atoms with Crippen molar-refractivity contribution in [2.24, 2.45) is 0 Å². The fraction of sp³-hybridized carbons (Fsp3) is 0.267. The highest BCUT2D eigenvalue weighted by molar-refractivity contribution is 5.33. The van der Waals surface area contributed by atoms with E-state index in [9.17, 15) is 5.11 Å². The second kappa shape index (κ2) is 6.17. The van der Waals surface area contributed by atoms with Crippen molar-refractivity contribution in [3.63, 3.8) is 0 Å². The van der Waals surface area contributed by atoms with Crippen molar-refractivity contribution in [1.29, 1.82) is 0 Å². The maximum Gasteiger partial charge on any atom is 0.119 e. The Bertz CT molecular complexity index is 468. The lowest BCUT2D eigenvalue weighted by Crippen LogP contribution is -2.00. The van der Waals surface area contributed by atoms with Crippen molar-refractivity contribution in [2.45, 2.75) is 19.4 Å². The molecule has 1 aromatic carbocycles. The van der Waals surface area contributed by atoms with Gasteiger partial charge in [-0.1, -0.05) is 25.1 Å². The lowest BCUT2D eigenvalue weighted by molar-refractivity contribution is 0.219. The second-order valence-corrected chi connectivity index (χ2v) is 4.11. The molecule has 18 heavy (non-hydrogen) atoms. The highest BCUT2D eigenvalue weighted by Gasteiger charge is 2.09. The molecular formula is C15H17NO2. The minimum atomic E-state index is -0.640. The highest BCUT2D eigenvalue weighted by Crippen LogP contribution is 2.23. The van der Waals surface area contributed by atoms with E-state index in [0.717, 1.165) is 23.3 Å². The summed E-state index contributed by atoms with van der Waals surface area (Å²) in [6.45, 7) is 2.78. The fourth-order valence-electron chi connectivity index (χ4n) is 1.70. The van der Waals surface area contributed by atoms with Crippen LogP contribution in [0.15, 0.2) is 48.8 Å². The van der Waals surface area contributed by atoms with Crippen LogP contribution in [0, 0.1) is 0 Å². The zero-order valence-corrected chi connectivity index (χ0v) is 10.4. The molecule has 0 aliphatic rings. The van der Waals surface area contributed by atoms with Gasteiger partial charge in [0.25, 0.3) is 0 Å². The predicted molar refractivity (Wildman–Crippen MR) is 70.5 cm³/mol. The number of ether oxygens (including phenoxy) is 1. The van der Waals surface area contributed by atoms with Crippen LogP contribution in [0.25, 0.3) is 0 Å². The number of hydrogen-bond acceptors (Lipinski definition) is 3. The van der Waals surface area contributed by atoms with E-state index in [4.69, 9.17) is 4.74 Å². The van der Waals surface area contributed by atoms with Gasteiger partial charge in [-0.3, -0.25) is 4.98 Å². The molecule has 0 radical (unpaired) electrons. The number of hydrogen-bond donors (Lipinski definition) is 1. The van der Waals surface area contributed by atoms with Gasteiger partial charge in [0, 0.05) is 18.0 Å². The van der Waals surface area contributed by atoms with Crippen LogP contribution >= 0.6 is 0 Å². The summed E-state index contributed by atoms with van der Waals surface area (Å²) in [6.07, 6.45) is 3.71. The van der Waals surface area contributed by atoms with Gasteiger partial charge in [0.2, 0.25) is 0 Å². The van der Waals surface area contributed by atoms with Crippen LogP contribution in [0.4, 0.5) is 0 Å². The van der Waals surface area contributed by atoms with Gasteiger partial charge in [0.1, 0.15) is 11.9 Å². The van der Waals surface area contributed by atoms with E-state index in [2.05, 4.69) is 11.9 Å². The average Bonchev–Trinajstić information content (AvgIpc) is 2.46. The number of aliphatic hydroxyl groups excluding tert-OH is 1. The summed E-state index contributed by atoms with van der Waals surface area (Å²) in [4.78, 5) is 4.00. The summed E-state index contributed by atoms with van der Waals surface area (Å²) in [7, 11) is 0. The van der Waals surface area contributed by atoms with Gasteiger partial charge in [-0.15, -0.1) is 0 Å². The number of aromatic nitrogens is 1. The molecule has 0 fully saturated rings. The molecule has 0 saturated carbocycles. The Morgan fingerprint density at radius 3 is 2.56 bits per heavy atom. The van der Waals surface area contributed by atoms with Gasteiger partial charge in [0.05, 0.1) is 6.61 Å². The summed E-state index contributed by atoms with van der Waals surface area (Å²) in [6, 6.07) is 11.2. The van der Waals surface area contributed by atoms with Crippen LogP contribution in [-0.4, -0.2) is 16.7 Å². The van der Waals surface area contributed by atoms with E-state index in [1.165, 1.54) is 0 Å². The Kier molecular flexibility index (Phi) is 4.31. The molecule has 0 spiro atoms. The maximum atomic E-state index is 10.2. The number of nitrogens with zero attached hydrogens (tertiary/aromatic N) is 1. The molecule has 2 rings (SSSR count). The zero-order valence-electron chi connectivity index (χ0n) is 10.4. The molecule has 3 heteroatoms. The highest BCUT2D eigenvalue weighted by atomic mass is 16.5. The summed E-state index contributed by atoms with van der Waals surface area (Å²) in [5, 5.41) is 10.2. The number of benzene rings is 1. The minimum Gasteiger partial charge on any atom is -0.494 e. The molecule has 94 valence electrons. The van der Waals surface area contributed by atoms with E-state index in [0.29, 0.717) is 6.61 Å². The molecule has 0 saturated heterocycles. The molecule has 1 heterocycles. The van der Waals surface area contributed by atoms with Gasteiger partial charge >= 0.3 is 0 Å². The first-order chi connectivity index (χ1) is 8.81. The first-order valence-electron chi connectivity index (χ1n) is 6.12. The summed E-state index contributed by atoms with van der Waals surface area (Å²) < 4.78 is 5.50. The lowest BCUT2D eigenvalue weighted by Gasteiger charge is -2.11. The third-order valence-corrected chi connectivity index (χ3v) is 2.67. The topological polar surface area (TPSA) is 42.4 Å². The van der Waals surface area contributed by atoms with E-state index in [1.54, 1.807) is 12.4 Å². The van der Waals surface area contributed by atoms with Gasteiger partial charge < -0.3 is 9.84 Å². The molecule has 1 unspecified atom stereocenters. The SMILES string of the molecule is CCCOc1ccc(C(O)c2cccnc2)cc1. The summed E-state index contributed by atoms with van der Waals surface area (Å²) >= 11 is 0. The minimum absolute atomic E-state index is 0.640. The van der Waals surface area contributed by atoms with Gasteiger partial charge in [-0.2, -0.15) is 0 Å². The third-order valence-electron chi connectivity index (χ3n) is 2.67. The molecule has 3 nitrogen and oxygen atoms in total. The molecule has 1 N–H and O–H groups in total. The smallest absolute Gasteiger partial charge is 0.119 e. The van der Waals surface area contributed by atoms with Crippen LogP contribution in [0.1, 0.15) is 30.6 Å². The molecule has 1 atom stereocenters. The van der Waals surface area contributed by atoms with Crippen LogP contribution < -0.4 is 4.74 Å². The molecule has 0 aliphatic heterocycles.